The molecule has 0 aliphatic rings. The van der Waals surface area contributed by atoms with E-state index in [0.29, 0.717) is 22.8 Å². The van der Waals surface area contributed by atoms with Gasteiger partial charge in [-0.3, -0.25) is 0 Å². The van der Waals surface area contributed by atoms with Crippen molar-refractivity contribution >= 4 is 6.21 Å². The number of hydrogen-bond donors (Lipinski definition) is 1. The summed E-state index contributed by atoms with van der Waals surface area (Å²) in [5.41, 5.74) is 1.59. The fraction of sp³-hybridized carbons (Fsp3) is 0.300. The summed E-state index contributed by atoms with van der Waals surface area (Å²) in [6.07, 6.45) is -5.85. The van der Waals surface area contributed by atoms with E-state index in [1.54, 1.807) is 31.2 Å². The molecule has 0 spiro atoms. The normalized spacial score (nSPS) is 12.5. The van der Waals surface area contributed by atoms with Gasteiger partial charge >= 0.3 is 18.1 Å². The van der Waals surface area contributed by atoms with Crippen LogP contribution in [0.3, 0.4) is 0 Å². The van der Waals surface area contributed by atoms with E-state index in [4.69, 9.17) is 14.7 Å². The Morgan fingerprint density at radius 3 is 2.31 bits per heavy atom. The molecule has 32 heavy (non-hydrogen) atoms. The van der Waals surface area contributed by atoms with Crippen LogP contribution in [0.15, 0.2) is 47.6 Å². The Bertz CT molecular complexity index is 1000. The molecule has 5 nitrogen and oxygen atoms in total. The molecule has 0 aromatic heterocycles. The summed E-state index contributed by atoms with van der Waals surface area (Å²) in [4.78, 5) is 0. The Hall–Kier alpha value is -3.49. The topological polar surface area (TPSA) is 66.6 Å². The van der Waals surface area contributed by atoms with Gasteiger partial charge in [-0.15, -0.1) is 0 Å². The average molecular weight is 463 g/mol. The predicted octanol–water partition coefficient (Wildman–Crippen LogP) is 5.25. The van der Waals surface area contributed by atoms with Gasteiger partial charge < -0.3 is 9.47 Å². The molecule has 0 aliphatic carbocycles. The zero-order valence-corrected chi connectivity index (χ0v) is 16.4. The number of hydrogen-bond acceptors (Lipinski definition) is 5. The third kappa shape index (κ3) is 5.60. The lowest BCUT2D eigenvalue weighted by atomic mass is 10.1. The fourth-order valence-electron chi connectivity index (χ4n) is 2.34. The van der Waals surface area contributed by atoms with Gasteiger partial charge in [-0.05, 0) is 36.8 Å². The predicted molar refractivity (Wildman–Crippen MR) is 99.8 cm³/mol. The third-order valence-electron chi connectivity index (χ3n) is 3.96. The number of ether oxygens (including phenoxy) is 2. The Kier molecular flexibility index (Phi) is 7.56. The molecule has 2 aromatic carbocycles. The standard InChI is InChI=1S/C20H16F7N3O2/c1-2-31-17-9-13(11-29-30-20(26,27)18(21,22)19(23,24)25)7-8-16(17)32-12-15-6-4-3-5-14(15)10-28/h3-9,11,30H,2,12H2,1H3/b29-11+. The minimum absolute atomic E-state index is 0.0115. The minimum atomic E-state index is -6.47. The molecule has 0 fully saturated rings. The van der Waals surface area contributed by atoms with E-state index in [-0.39, 0.29) is 30.3 Å². The highest BCUT2D eigenvalue weighted by molar-refractivity contribution is 5.80. The van der Waals surface area contributed by atoms with Gasteiger partial charge in [0.1, 0.15) is 6.61 Å². The molecule has 0 heterocycles. The van der Waals surface area contributed by atoms with Crippen molar-refractivity contribution < 1.29 is 40.2 Å². The lowest BCUT2D eigenvalue weighted by molar-refractivity contribution is -0.361. The zero-order chi connectivity index (χ0) is 24.0. The van der Waals surface area contributed by atoms with Crippen LogP contribution in [0.4, 0.5) is 30.7 Å². The molecule has 0 atom stereocenters. The molecule has 2 rings (SSSR count). The summed E-state index contributed by atoms with van der Waals surface area (Å²) in [7, 11) is 0. The van der Waals surface area contributed by atoms with Crippen LogP contribution >= 0.6 is 0 Å². The molecule has 0 amide bonds. The Balaban J connectivity index is 2.16. The maximum atomic E-state index is 13.2. The molecule has 1 N–H and O–H groups in total. The van der Waals surface area contributed by atoms with Gasteiger partial charge in [0.05, 0.1) is 24.5 Å². The molecule has 0 saturated carbocycles. The van der Waals surface area contributed by atoms with Crippen LogP contribution in [-0.2, 0) is 6.61 Å². The van der Waals surface area contributed by atoms with E-state index in [1.165, 1.54) is 18.2 Å². The van der Waals surface area contributed by atoms with Crippen LogP contribution in [-0.4, -0.2) is 31.0 Å². The van der Waals surface area contributed by atoms with Crippen LogP contribution < -0.4 is 14.9 Å². The quantitative estimate of drug-likeness (QED) is 0.239. The van der Waals surface area contributed by atoms with Gasteiger partial charge in [0.15, 0.2) is 11.5 Å². The van der Waals surface area contributed by atoms with Gasteiger partial charge in [0.2, 0.25) is 0 Å². The molecule has 0 bridgehead atoms. The monoisotopic (exact) mass is 463 g/mol. The molecule has 0 aliphatic heterocycles. The van der Waals surface area contributed by atoms with E-state index in [0.717, 1.165) is 0 Å². The molecule has 172 valence electrons. The summed E-state index contributed by atoms with van der Waals surface area (Å²) < 4.78 is 99.6. The number of halogens is 7. The van der Waals surface area contributed by atoms with Crippen molar-refractivity contribution in [2.24, 2.45) is 5.10 Å². The fourth-order valence-corrected chi connectivity index (χ4v) is 2.34. The second kappa shape index (κ2) is 9.76. The van der Waals surface area contributed by atoms with Gasteiger partial charge in [-0.25, -0.2) is 5.43 Å². The van der Waals surface area contributed by atoms with E-state index in [2.05, 4.69) is 5.10 Å². The van der Waals surface area contributed by atoms with Gasteiger partial charge in [-0.1, -0.05) is 18.2 Å². The van der Waals surface area contributed by atoms with Crippen LogP contribution in [0.2, 0.25) is 0 Å². The Morgan fingerprint density at radius 2 is 1.69 bits per heavy atom. The van der Waals surface area contributed by atoms with Crippen molar-refractivity contribution in [2.45, 2.75) is 31.7 Å². The number of nitriles is 1. The molecule has 12 heteroatoms. The van der Waals surface area contributed by atoms with Gasteiger partial charge in [0, 0.05) is 5.56 Å². The van der Waals surface area contributed by atoms with Crippen molar-refractivity contribution in [3.8, 4) is 17.6 Å². The number of benzene rings is 2. The summed E-state index contributed by atoms with van der Waals surface area (Å²) in [6.45, 7) is 1.84. The maximum absolute atomic E-state index is 13.2. The summed E-state index contributed by atoms with van der Waals surface area (Å²) in [6, 6.07) is 6.96. The van der Waals surface area contributed by atoms with Gasteiger partial charge in [0.25, 0.3) is 0 Å². The van der Waals surface area contributed by atoms with Crippen molar-refractivity contribution in [3.05, 3.63) is 59.2 Å². The van der Waals surface area contributed by atoms with Crippen LogP contribution in [0.1, 0.15) is 23.6 Å². The number of nitrogens with one attached hydrogen (secondary N) is 1. The molecule has 0 saturated heterocycles. The number of rotatable bonds is 9. The largest absolute Gasteiger partial charge is 0.490 e. The minimum Gasteiger partial charge on any atom is -0.490 e. The smallest absolute Gasteiger partial charge is 0.462 e. The first-order valence-electron chi connectivity index (χ1n) is 8.93. The van der Waals surface area contributed by atoms with E-state index >= 15 is 0 Å². The van der Waals surface area contributed by atoms with Crippen LogP contribution in [0, 0.1) is 11.3 Å². The van der Waals surface area contributed by atoms with E-state index in [9.17, 15) is 30.7 Å². The second-order valence-electron chi connectivity index (χ2n) is 6.21. The van der Waals surface area contributed by atoms with Crippen molar-refractivity contribution in [3.63, 3.8) is 0 Å². The van der Waals surface area contributed by atoms with E-state index in [1.807, 2.05) is 6.07 Å². The summed E-state index contributed by atoms with van der Waals surface area (Å²) >= 11 is 0. The average Bonchev–Trinajstić information content (AvgIpc) is 2.72. The lowest BCUT2D eigenvalue weighted by Gasteiger charge is -2.27. The first-order valence-corrected chi connectivity index (χ1v) is 8.93. The lowest BCUT2D eigenvalue weighted by Crippen LogP contribution is -2.58. The Labute approximate surface area is 178 Å². The third-order valence-corrected chi connectivity index (χ3v) is 3.96. The van der Waals surface area contributed by atoms with Crippen molar-refractivity contribution in [1.29, 1.82) is 5.26 Å². The van der Waals surface area contributed by atoms with Crippen LogP contribution in [0.25, 0.3) is 0 Å². The Morgan fingerprint density at radius 1 is 1.00 bits per heavy atom. The van der Waals surface area contributed by atoms with Gasteiger partial charge in [-0.2, -0.15) is 41.1 Å². The summed E-state index contributed by atoms with van der Waals surface area (Å²) in [5, 5.41) is 11.9. The molecular formula is C20H16F7N3O2. The zero-order valence-electron chi connectivity index (χ0n) is 16.4. The highest BCUT2D eigenvalue weighted by atomic mass is 19.4. The van der Waals surface area contributed by atoms with Crippen molar-refractivity contribution in [2.75, 3.05) is 6.61 Å². The van der Waals surface area contributed by atoms with E-state index < -0.39 is 18.1 Å². The van der Waals surface area contributed by atoms with Crippen molar-refractivity contribution in [1.82, 2.24) is 5.43 Å². The summed E-state index contributed by atoms with van der Waals surface area (Å²) in [5.74, 6) is -5.97. The molecular weight excluding hydrogens is 447 g/mol. The second-order valence-corrected chi connectivity index (χ2v) is 6.21. The molecule has 0 unspecified atom stereocenters. The SMILES string of the molecule is CCOc1cc(/C=N/NC(F)(F)C(F)(F)C(F)(F)F)ccc1OCc1ccccc1C#N. The first-order chi connectivity index (χ1) is 14.9. The highest BCUT2D eigenvalue weighted by Gasteiger charge is 2.73. The maximum Gasteiger partial charge on any atom is 0.462 e. The number of hydrazone groups is 1. The number of alkyl halides is 7. The highest BCUT2D eigenvalue weighted by Crippen LogP contribution is 2.45. The molecule has 2 aromatic rings. The van der Waals surface area contributed by atoms with Crippen LogP contribution in [0.5, 0.6) is 11.5 Å². The molecule has 0 radical (unpaired) electrons. The number of nitrogens with zero attached hydrogens (tertiary/aromatic N) is 2. The first kappa shape index (κ1) is 24.8.